The number of halogens is 1. The number of amides is 2. The zero-order valence-electron chi connectivity index (χ0n) is 11.3. The van der Waals surface area contributed by atoms with Crippen LogP contribution < -0.4 is 16.4 Å². The molecule has 7 heteroatoms. The van der Waals surface area contributed by atoms with Crippen molar-refractivity contribution in [3.05, 3.63) is 64.1 Å². The highest BCUT2D eigenvalue weighted by Crippen LogP contribution is 2.14. The molecule has 0 heterocycles. The number of hydrogen-bond acceptors (Lipinski definition) is 3. The Morgan fingerprint density at radius 1 is 1.05 bits per heavy atom. The smallest absolute Gasteiger partial charge is 0.257 e. The molecule has 0 aliphatic rings. The number of nitrogens with two attached hydrogens (primary N) is 1. The predicted octanol–water partition coefficient (Wildman–Crippen LogP) is 2.67. The molecule has 0 saturated carbocycles. The van der Waals surface area contributed by atoms with Gasteiger partial charge in [-0.2, -0.15) is 0 Å². The lowest BCUT2D eigenvalue weighted by Gasteiger charge is -2.12. The molecule has 112 valence electrons. The lowest BCUT2D eigenvalue weighted by Crippen LogP contribution is -2.34. The van der Waals surface area contributed by atoms with Gasteiger partial charge in [-0.25, -0.2) is 0 Å². The summed E-state index contributed by atoms with van der Waals surface area (Å²) in [7, 11) is 0. The first kappa shape index (κ1) is 16.1. The Bertz CT molecular complexity index is 732. The van der Waals surface area contributed by atoms with Gasteiger partial charge in [0.15, 0.2) is 5.11 Å². The zero-order valence-corrected chi connectivity index (χ0v) is 13.7. The van der Waals surface area contributed by atoms with Crippen LogP contribution in [-0.2, 0) is 0 Å². The lowest BCUT2D eigenvalue weighted by atomic mass is 10.1. The van der Waals surface area contributed by atoms with Gasteiger partial charge in [-0.1, -0.05) is 28.1 Å². The number of rotatable bonds is 3. The largest absolute Gasteiger partial charge is 0.366 e. The van der Waals surface area contributed by atoms with E-state index in [1.54, 1.807) is 48.5 Å². The second-order valence-electron chi connectivity index (χ2n) is 4.32. The van der Waals surface area contributed by atoms with Gasteiger partial charge in [-0.05, 0) is 48.6 Å². The molecule has 0 spiro atoms. The summed E-state index contributed by atoms with van der Waals surface area (Å²) >= 11 is 8.38. The van der Waals surface area contributed by atoms with Crippen LogP contribution in [0, 0.1) is 0 Å². The van der Waals surface area contributed by atoms with E-state index in [4.69, 9.17) is 18.0 Å². The van der Waals surface area contributed by atoms with Gasteiger partial charge >= 0.3 is 0 Å². The topological polar surface area (TPSA) is 84.2 Å². The number of carbonyl (C=O) groups is 2. The van der Waals surface area contributed by atoms with E-state index in [-0.39, 0.29) is 11.0 Å². The Kier molecular flexibility index (Phi) is 5.24. The van der Waals surface area contributed by atoms with Crippen LogP contribution in [0.1, 0.15) is 20.7 Å². The van der Waals surface area contributed by atoms with E-state index >= 15 is 0 Å². The van der Waals surface area contributed by atoms with E-state index in [2.05, 4.69) is 26.6 Å². The molecule has 5 nitrogen and oxygen atoms in total. The monoisotopic (exact) mass is 377 g/mol. The van der Waals surface area contributed by atoms with Crippen LogP contribution in [0.5, 0.6) is 0 Å². The van der Waals surface area contributed by atoms with E-state index in [1.165, 1.54) is 0 Å². The molecule has 0 saturated heterocycles. The third kappa shape index (κ3) is 4.12. The van der Waals surface area contributed by atoms with Crippen LogP contribution in [0.3, 0.4) is 0 Å². The highest BCUT2D eigenvalue weighted by Gasteiger charge is 2.11. The molecule has 2 aromatic rings. The summed E-state index contributed by atoms with van der Waals surface area (Å²) < 4.78 is 0.875. The number of para-hydroxylation sites is 1. The van der Waals surface area contributed by atoms with Crippen molar-refractivity contribution in [2.45, 2.75) is 0 Å². The number of thiocarbonyl (C=S) groups is 1. The van der Waals surface area contributed by atoms with Gasteiger partial charge in [0.1, 0.15) is 0 Å². The van der Waals surface area contributed by atoms with Crippen molar-refractivity contribution in [3.8, 4) is 0 Å². The molecular weight excluding hydrogens is 366 g/mol. The minimum atomic E-state index is -0.579. The quantitative estimate of drug-likeness (QED) is 0.717. The van der Waals surface area contributed by atoms with Gasteiger partial charge in [0, 0.05) is 10.0 Å². The number of carbonyl (C=O) groups excluding carboxylic acids is 2. The summed E-state index contributed by atoms with van der Waals surface area (Å²) in [6.45, 7) is 0. The van der Waals surface area contributed by atoms with Gasteiger partial charge in [0.05, 0.1) is 11.3 Å². The second-order valence-corrected chi connectivity index (χ2v) is 5.65. The van der Waals surface area contributed by atoms with Crippen LogP contribution in [0.15, 0.2) is 53.0 Å². The van der Waals surface area contributed by atoms with E-state index in [9.17, 15) is 9.59 Å². The molecule has 0 fully saturated rings. The van der Waals surface area contributed by atoms with E-state index in [0.29, 0.717) is 16.8 Å². The fourth-order valence-electron chi connectivity index (χ4n) is 1.74. The molecule has 0 unspecified atom stereocenters. The molecule has 0 aliphatic carbocycles. The van der Waals surface area contributed by atoms with Gasteiger partial charge in [-0.3, -0.25) is 14.9 Å². The summed E-state index contributed by atoms with van der Waals surface area (Å²) in [5, 5.41) is 5.42. The molecule has 0 atom stereocenters. The van der Waals surface area contributed by atoms with Crippen molar-refractivity contribution in [2.24, 2.45) is 5.73 Å². The SMILES string of the molecule is NC(=O)c1ccccc1NC(=S)NC(=O)c1ccc(Br)cc1. The molecule has 0 aromatic heterocycles. The van der Waals surface area contributed by atoms with Crippen molar-refractivity contribution < 1.29 is 9.59 Å². The van der Waals surface area contributed by atoms with E-state index in [1.807, 2.05) is 0 Å². The summed E-state index contributed by atoms with van der Waals surface area (Å²) in [5.41, 5.74) is 6.49. The molecule has 22 heavy (non-hydrogen) atoms. The summed E-state index contributed by atoms with van der Waals surface area (Å²) in [6, 6.07) is 13.5. The van der Waals surface area contributed by atoms with Crippen molar-refractivity contribution in [1.82, 2.24) is 5.32 Å². The minimum absolute atomic E-state index is 0.0848. The van der Waals surface area contributed by atoms with E-state index < -0.39 is 5.91 Å². The molecule has 0 bridgehead atoms. The number of hydrogen-bond donors (Lipinski definition) is 3. The highest BCUT2D eigenvalue weighted by atomic mass is 79.9. The first-order valence-corrected chi connectivity index (χ1v) is 7.44. The summed E-state index contributed by atoms with van der Waals surface area (Å²) in [5.74, 6) is -0.924. The summed E-state index contributed by atoms with van der Waals surface area (Å²) in [4.78, 5) is 23.4. The van der Waals surface area contributed by atoms with Gasteiger partial charge in [0.2, 0.25) is 0 Å². The third-order valence-electron chi connectivity index (χ3n) is 2.77. The van der Waals surface area contributed by atoms with Crippen LogP contribution in [0.25, 0.3) is 0 Å². The van der Waals surface area contributed by atoms with Crippen LogP contribution in [-0.4, -0.2) is 16.9 Å². The minimum Gasteiger partial charge on any atom is -0.366 e. The zero-order chi connectivity index (χ0) is 16.1. The van der Waals surface area contributed by atoms with Crippen molar-refractivity contribution in [2.75, 3.05) is 5.32 Å². The Hall–Kier alpha value is -2.25. The molecule has 0 radical (unpaired) electrons. The maximum Gasteiger partial charge on any atom is 0.257 e. The van der Waals surface area contributed by atoms with Crippen LogP contribution in [0.4, 0.5) is 5.69 Å². The fourth-order valence-corrected chi connectivity index (χ4v) is 2.20. The van der Waals surface area contributed by atoms with E-state index in [0.717, 1.165) is 4.47 Å². The third-order valence-corrected chi connectivity index (χ3v) is 3.51. The Balaban J connectivity index is 2.06. The van der Waals surface area contributed by atoms with Gasteiger partial charge in [-0.15, -0.1) is 0 Å². The highest BCUT2D eigenvalue weighted by molar-refractivity contribution is 9.10. The number of benzene rings is 2. The molecule has 4 N–H and O–H groups in total. The fraction of sp³-hybridized carbons (Fsp3) is 0. The molecular formula is C15H12BrN3O2S. The molecule has 2 rings (SSSR count). The molecule has 2 aromatic carbocycles. The first-order valence-electron chi connectivity index (χ1n) is 6.24. The normalized spacial score (nSPS) is 9.86. The van der Waals surface area contributed by atoms with Gasteiger partial charge < -0.3 is 11.1 Å². The Morgan fingerprint density at radius 3 is 2.32 bits per heavy atom. The van der Waals surface area contributed by atoms with Crippen LogP contribution >= 0.6 is 28.1 Å². The maximum atomic E-state index is 12.0. The van der Waals surface area contributed by atoms with Crippen LogP contribution in [0.2, 0.25) is 0 Å². The lowest BCUT2D eigenvalue weighted by molar-refractivity contribution is 0.0975. The van der Waals surface area contributed by atoms with Gasteiger partial charge in [0.25, 0.3) is 11.8 Å². The average Bonchev–Trinajstić information content (AvgIpc) is 2.48. The molecule has 2 amide bonds. The predicted molar refractivity (Wildman–Crippen MR) is 92.8 cm³/mol. The average molecular weight is 378 g/mol. The Morgan fingerprint density at radius 2 is 1.68 bits per heavy atom. The number of nitrogens with one attached hydrogen (secondary N) is 2. The number of anilines is 1. The second kappa shape index (κ2) is 7.15. The van der Waals surface area contributed by atoms with Crippen molar-refractivity contribution in [1.29, 1.82) is 0 Å². The maximum absolute atomic E-state index is 12.0. The van der Waals surface area contributed by atoms with Crippen molar-refractivity contribution >= 4 is 50.8 Å². The first-order chi connectivity index (χ1) is 10.5. The molecule has 0 aliphatic heterocycles. The standard InChI is InChI=1S/C15H12BrN3O2S/c16-10-7-5-9(6-8-10)14(21)19-15(22)18-12-4-2-1-3-11(12)13(17)20/h1-8H,(H2,17,20)(H2,18,19,21,22). The van der Waals surface area contributed by atoms with Crippen molar-refractivity contribution in [3.63, 3.8) is 0 Å². The number of primary amides is 1. The Labute approximate surface area is 141 Å². The summed E-state index contributed by atoms with van der Waals surface area (Å²) in [6.07, 6.45) is 0.